The predicted octanol–water partition coefficient (Wildman–Crippen LogP) is 0.879. The molecule has 1 aromatic heterocycles. The summed E-state index contributed by atoms with van der Waals surface area (Å²) in [6.45, 7) is 4.38. The Bertz CT molecular complexity index is 300. The Morgan fingerprint density at radius 1 is 1.69 bits per heavy atom. The first-order valence-corrected chi connectivity index (χ1v) is 4.18. The first-order chi connectivity index (χ1) is 6.22. The van der Waals surface area contributed by atoms with Crippen LogP contribution in [0.3, 0.4) is 0 Å². The van der Waals surface area contributed by atoms with E-state index in [2.05, 4.69) is 21.4 Å². The van der Waals surface area contributed by atoms with Crippen molar-refractivity contribution in [3.05, 3.63) is 11.7 Å². The van der Waals surface area contributed by atoms with E-state index in [1.54, 1.807) is 6.92 Å². The van der Waals surface area contributed by atoms with E-state index in [0.717, 1.165) is 0 Å². The monoisotopic (exact) mass is 179 g/mol. The molecule has 0 saturated carbocycles. The van der Waals surface area contributed by atoms with Gasteiger partial charge in [-0.05, 0) is 6.92 Å². The largest absolute Gasteiger partial charge is 0.340 e. The van der Waals surface area contributed by atoms with Crippen molar-refractivity contribution in [3.8, 4) is 12.3 Å². The van der Waals surface area contributed by atoms with E-state index in [0.29, 0.717) is 24.7 Å². The van der Waals surface area contributed by atoms with Crippen LogP contribution in [0.5, 0.6) is 0 Å². The van der Waals surface area contributed by atoms with Crippen LogP contribution < -0.4 is 5.32 Å². The number of aryl methyl sites for hydroxylation is 1. The van der Waals surface area contributed by atoms with Crippen LogP contribution in [0.4, 0.5) is 0 Å². The van der Waals surface area contributed by atoms with Crippen LogP contribution in [0.15, 0.2) is 4.52 Å². The number of terminal acetylenes is 1. The van der Waals surface area contributed by atoms with E-state index < -0.39 is 0 Å². The molecule has 0 saturated heterocycles. The van der Waals surface area contributed by atoms with Gasteiger partial charge in [0.2, 0.25) is 5.89 Å². The Hall–Kier alpha value is -1.34. The normalized spacial score (nSPS) is 12.4. The molecule has 4 nitrogen and oxygen atoms in total. The first-order valence-electron chi connectivity index (χ1n) is 4.18. The second kappa shape index (κ2) is 4.63. The van der Waals surface area contributed by atoms with Crippen LogP contribution in [-0.2, 0) is 6.54 Å². The van der Waals surface area contributed by atoms with Crippen molar-refractivity contribution in [1.29, 1.82) is 0 Å². The summed E-state index contributed by atoms with van der Waals surface area (Å²) in [5.41, 5.74) is 0. The van der Waals surface area contributed by atoms with E-state index in [4.69, 9.17) is 10.9 Å². The molecule has 0 amide bonds. The molecule has 0 aromatic carbocycles. The summed E-state index contributed by atoms with van der Waals surface area (Å²) in [5.74, 6) is 3.83. The van der Waals surface area contributed by atoms with E-state index in [1.807, 2.05) is 6.92 Å². The lowest BCUT2D eigenvalue weighted by Gasteiger charge is -2.07. The Kier molecular flexibility index (Phi) is 3.47. The molecule has 1 aromatic rings. The topological polar surface area (TPSA) is 51.0 Å². The summed E-state index contributed by atoms with van der Waals surface area (Å²) in [7, 11) is 0. The molecule has 0 radical (unpaired) electrons. The zero-order valence-corrected chi connectivity index (χ0v) is 7.87. The molecule has 1 atom stereocenters. The molecule has 0 aliphatic rings. The van der Waals surface area contributed by atoms with Gasteiger partial charge >= 0.3 is 0 Å². The molecule has 0 aliphatic heterocycles. The van der Waals surface area contributed by atoms with Crippen molar-refractivity contribution in [2.45, 2.75) is 32.9 Å². The summed E-state index contributed by atoms with van der Waals surface area (Å²) >= 11 is 0. The summed E-state index contributed by atoms with van der Waals surface area (Å²) in [4.78, 5) is 4.05. The Labute approximate surface area is 77.7 Å². The van der Waals surface area contributed by atoms with Crippen molar-refractivity contribution < 1.29 is 4.52 Å². The molecule has 4 heteroatoms. The van der Waals surface area contributed by atoms with E-state index >= 15 is 0 Å². The Balaban J connectivity index is 2.31. The minimum Gasteiger partial charge on any atom is -0.340 e. The Morgan fingerprint density at radius 2 is 2.46 bits per heavy atom. The van der Waals surface area contributed by atoms with Crippen LogP contribution >= 0.6 is 0 Å². The van der Waals surface area contributed by atoms with E-state index in [9.17, 15) is 0 Å². The number of aromatic nitrogens is 2. The lowest BCUT2D eigenvalue weighted by Crippen LogP contribution is -2.25. The molecule has 1 unspecified atom stereocenters. The molecule has 1 N–H and O–H groups in total. The van der Waals surface area contributed by atoms with E-state index in [1.165, 1.54) is 0 Å². The third-order valence-electron chi connectivity index (χ3n) is 1.60. The third-order valence-corrected chi connectivity index (χ3v) is 1.60. The average Bonchev–Trinajstić information content (AvgIpc) is 2.49. The second-order valence-electron chi connectivity index (χ2n) is 2.92. The molecule has 0 spiro atoms. The van der Waals surface area contributed by atoms with Gasteiger partial charge in [0.25, 0.3) is 0 Å². The highest BCUT2D eigenvalue weighted by Crippen LogP contribution is 1.95. The number of hydrogen-bond acceptors (Lipinski definition) is 4. The minimum atomic E-state index is 0.281. The number of nitrogens with zero attached hydrogens (tertiary/aromatic N) is 2. The lowest BCUT2D eigenvalue weighted by atomic mass is 10.2. The first kappa shape index (κ1) is 9.75. The smallest absolute Gasteiger partial charge is 0.223 e. The molecule has 0 bridgehead atoms. The summed E-state index contributed by atoms with van der Waals surface area (Å²) in [6, 6.07) is 0.281. The molecule has 1 heterocycles. The fraction of sp³-hybridized carbons (Fsp3) is 0.556. The molecule has 0 aliphatic carbocycles. The van der Waals surface area contributed by atoms with Gasteiger partial charge in [-0.1, -0.05) is 5.16 Å². The van der Waals surface area contributed by atoms with Crippen LogP contribution in [0.1, 0.15) is 25.1 Å². The van der Waals surface area contributed by atoms with Gasteiger partial charge in [-0.25, -0.2) is 0 Å². The maximum atomic E-state index is 5.16. The standard InChI is InChI=1S/C9H13N3O/c1-4-5-7(2)10-6-9-11-8(3)13-12-9/h1,7,10H,5-6H2,2-3H3. The average molecular weight is 179 g/mol. The van der Waals surface area contributed by atoms with Gasteiger partial charge in [0.15, 0.2) is 5.82 Å². The van der Waals surface area contributed by atoms with Crippen molar-refractivity contribution in [2.24, 2.45) is 0 Å². The lowest BCUT2D eigenvalue weighted by molar-refractivity contribution is 0.384. The molecular weight excluding hydrogens is 166 g/mol. The van der Waals surface area contributed by atoms with Crippen LogP contribution in [0, 0.1) is 19.3 Å². The van der Waals surface area contributed by atoms with Crippen LogP contribution in [-0.4, -0.2) is 16.2 Å². The van der Waals surface area contributed by atoms with Gasteiger partial charge in [0.1, 0.15) is 0 Å². The van der Waals surface area contributed by atoms with Crippen LogP contribution in [0.25, 0.3) is 0 Å². The van der Waals surface area contributed by atoms with Gasteiger partial charge < -0.3 is 9.84 Å². The fourth-order valence-electron chi connectivity index (χ4n) is 0.928. The fourth-order valence-corrected chi connectivity index (χ4v) is 0.928. The van der Waals surface area contributed by atoms with E-state index in [-0.39, 0.29) is 6.04 Å². The number of rotatable bonds is 4. The maximum absolute atomic E-state index is 5.16. The highest BCUT2D eigenvalue weighted by molar-refractivity contribution is 4.89. The number of hydrogen-bond donors (Lipinski definition) is 1. The van der Waals surface area contributed by atoms with Crippen molar-refractivity contribution in [3.63, 3.8) is 0 Å². The molecule has 70 valence electrons. The van der Waals surface area contributed by atoms with Gasteiger partial charge in [-0.3, -0.25) is 0 Å². The molecular formula is C9H13N3O. The number of nitrogens with one attached hydrogen (secondary N) is 1. The van der Waals surface area contributed by atoms with Crippen molar-refractivity contribution >= 4 is 0 Å². The van der Waals surface area contributed by atoms with Crippen molar-refractivity contribution in [1.82, 2.24) is 15.5 Å². The summed E-state index contributed by atoms with van der Waals surface area (Å²) in [5, 5.41) is 6.93. The molecule has 13 heavy (non-hydrogen) atoms. The van der Waals surface area contributed by atoms with Gasteiger partial charge in [-0.15, -0.1) is 12.3 Å². The highest BCUT2D eigenvalue weighted by atomic mass is 16.5. The van der Waals surface area contributed by atoms with Gasteiger partial charge in [-0.2, -0.15) is 4.98 Å². The summed E-state index contributed by atoms with van der Waals surface area (Å²) < 4.78 is 4.82. The maximum Gasteiger partial charge on any atom is 0.223 e. The zero-order chi connectivity index (χ0) is 9.68. The minimum absolute atomic E-state index is 0.281. The quantitative estimate of drug-likeness (QED) is 0.697. The van der Waals surface area contributed by atoms with Gasteiger partial charge in [0, 0.05) is 19.4 Å². The predicted molar refractivity (Wildman–Crippen MR) is 48.8 cm³/mol. The molecule has 1 rings (SSSR count). The highest BCUT2D eigenvalue weighted by Gasteiger charge is 2.03. The Morgan fingerprint density at radius 3 is 3.00 bits per heavy atom. The zero-order valence-electron chi connectivity index (χ0n) is 7.87. The van der Waals surface area contributed by atoms with Gasteiger partial charge in [0.05, 0.1) is 6.54 Å². The summed E-state index contributed by atoms with van der Waals surface area (Å²) in [6.07, 6.45) is 5.87. The second-order valence-corrected chi connectivity index (χ2v) is 2.92. The third kappa shape index (κ3) is 3.26. The SMILES string of the molecule is C#CCC(C)NCc1noc(C)n1. The van der Waals surface area contributed by atoms with Crippen LogP contribution in [0.2, 0.25) is 0 Å². The van der Waals surface area contributed by atoms with Crippen molar-refractivity contribution in [2.75, 3.05) is 0 Å². The molecule has 0 fully saturated rings.